The van der Waals surface area contributed by atoms with Gasteiger partial charge < -0.3 is 20.6 Å². The number of piperidine rings is 1. The Kier molecular flexibility index (Phi) is 3.29. The Morgan fingerprint density at radius 2 is 2.20 bits per heavy atom. The van der Waals surface area contributed by atoms with Gasteiger partial charge in [0, 0.05) is 31.7 Å². The zero-order valence-corrected chi connectivity index (χ0v) is 11.6. The summed E-state index contributed by atoms with van der Waals surface area (Å²) < 4.78 is 0. The average molecular weight is 298 g/mol. The largest absolute Gasteiger partial charge is 0.465 e. The molecule has 0 aliphatic carbocycles. The van der Waals surface area contributed by atoms with Crippen molar-refractivity contribution in [3.05, 3.63) is 11.2 Å². The van der Waals surface area contributed by atoms with Gasteiger partial charge in [0.2, 0.25) is 5.95 Å². The molecule has 1 aromatic heterocycles. The molecule has 3 N–H and O–H groups in total. The van der Waals surface area contributed by atoms with E-state index in [1.807, 2.05) is 0 Å². The molecule has 108 valence electrons. The van der Waals surface area contributed by atoms with Gasteiger partial charge in [0.05, 0.1) is 0 Å². The number of nitrogens with zero attached hydrogens (tertiary/aromatic N) is 4. The summed E-state index contributed by atoms with van der Waals surface area (Å²) in [7, 11) is 0. The molecule has 0 aromatic carbocycles. The number of amides is 1. The third kappa shape index (κ3) is 2.33. The lowest BCUT2D eigenvalue weighted by Gasteiger charge is -2.37. The SMILES string of the molecule is Nc1nc(Cl)cc(N2CC[C@H]3C(CCN3C(=O)O)C2)n1. The lowest BCUT2D eigenvalue weighted by Crippen LogP contribution is -2.47. The van der Waals surface area contributed by atoms with Crippen LogP contribution in [0.2, 0.25) is 5.15 Å². The van der Waals surface area contributed by atoms with Gasteiger partial charge >= 0.3 is 6.09 Å². The number of fused-ring (bicyclic) bond motifs is 1. The minimum Gasteiger partial charge on any atom is -0.465 e. The number of nitrogen functional groups attached to an aromatic ring is 1. The highest BCUT2D eigenvalue weighted by Crippen LogP contribution is 2.33. The van der Waals surface area contributed by atoms with Crippen LogP contribution in [-0.2, 0) is 0 Å². The first-order chi connectivity index (χ1) is 9.54. The van der Waals surface area contributed by atoms with E-state index in [0.717, 1.165) is 31.7 Å². The fourth-order valence-electron chi connectivity index (χ4n) is 3.22. The molecule has 1 aromatic rings. The number of halogens is 1. The molecule has 3 heterocycles. The number of anilines is 2. The van der Waals surface area contributed by atoms with Crippen molar-refractivity contribution in [2.75, 3.05) is 30.3 Å². The van der Waals surface area contributed by atoms with Crippen LogP contribution in [0.1, 0.15) is 12.8 Å². The molecule has 8 heteroatoms. The molecular weight excluding hydrogens is 282 g/mol. The van der Waals surface area contributed by atoms with Gasteiger partial charge in [0.1, 0.15) is 11.0 Å². The molecule has 3 rings (SSSR count). The summed E-state index contributed by atoms with van der Waals surface area (Å²) in [6.45, 7) is 2.14. The highest BCUT2D eigenvalue weighted by molar-refractivity contribution is 6.29. The second-order valence-corrected chi connectivity index (χ2v) is 5.62. The van der Waals surface area contributed by atoms with Gasteiger partial charge in [-0.2, -0.15) is 4.98 Å². The van der Waals surface area contributed by atoms with Crippen molar-refractivity contribution in [3.63, 3.8) is 0 Å². The molecule has 0 radical (unpaired) electrons. The molecule has 7 nitrogen and oxygen atoms in total. The van der Waals surface area contributed by atoms with Gasteiger partial charge in [0.15, 0.2) is 0 Å². The Labute approximate surface area is 121 Å². The Bertz CT molecular complexity index is 520. The van der Waals surface area contributed by atoms with Crippen molar-refractivity contribution in [1.82, 2.24) is 14.9 Å². The van der Waals surface area contributed by atoms with Crippen molar-refractivity contribution >= 4 is 29.5 Å². The second kappa shape index (κ2) is 4.97. The van der Waals surface area contributed by atoms with Crippen LogP contribution in [0.4, 0.5) is 16.6 Å². The monoisotopic (exact) mass is 297 g/mol. The van der Waals surface area contributed by atoms with Gasteiger partial charge in [-0.1, -0.05) is 11.6 Å². The van der Waals surface area contributed by atoms with Crippen molar-refractivity contribution in [3.8, 4) is 0 Å². The molecule has 2 saturated heterocycles. The van der Waals surface area contributed by atoms with Crippen LogP contribution in [0.3, 0.4) is 0 Å². The summed E-state index contributed by atoms with van der Waals surface area (Å²) in [5.74, 6) is 1.22. The number of aromatic nitrogens is 2. The molecule has 2 fully saturated rings. The third-order valence-corrected chi connectivity index (χ3v) is 4.30. The number of rotatable bonds is 1. The molecule has 20 heavy (non-hydrogen) atoms. The molecule has 1 amide bonds. The summed E-state index contributed by atoms with van der Waals surface area (Å²) in [6.07, 6.45) is 0.876. The summed E-state index contributed by atoms with van der Waals surface area (Å²) >= 11 is 5.90. The highest BCUT2D eigenvalue weighted by atomic mass is 35.5. The number of carboxylic acid groups (broad SMARTS) is 1. The van der Waals surface area contributed by atoms with E-state index in [4.69, 9.17) is 22.4 Å². The van der Waals surface area contributed by atoms with Crippen LogP contribution in [0, 0.1) is 5.92 Å². The molecule has 1 unspecified atom stereocenters. The lowest BCUT2D eigenvalue weighted by atomic mass is 9.93. The maximum Gasteiger partial charge on any atom is 0.407 e. The molecular formula is C12H16ClN5O2. The number of hydrogen-bond donors (Lipinski definition) is 2. The Morgan fingerprint density at radius 1 is 1.40 bits per heavy atom. The summed E-state index contributed by atoms with van der Waals surface area (Å²) in [4.78, 5) is 22.9. The number of likely N-dealkylation sites (tertiary alicyclic amines) is 1. The van der Waals surface area contributed by atoms with Crippen LogP contribution in [0.5, 0.6) is 0 Å². The van der Waals surface area contributed by atoms with Crippen LogP contribution in [-0.4, -0.2) is 51.7 Å². The van der Waals surface area contributed by atoms with E-state index in [9.17, 15) is 4.79 Å². The van der Waals surface area contributed by atoms with E-state index in [0.29, 0.717) is 17.6 Å². The number of hydrogen-bond acceptors (Lipinski definition) is 5. The minimum atomic E-state index is -0.819. The van der Waals surface area contributed by atoms with Gasteiger partial charge in [-0.15, -0.1) is 0 Å². The quantitative estimate of drug-likeness (QED) is 0.758. The zero-order chi connectivity index (χ0) is 14.3. The normalized spacial score (nSPS) is 25.6. The fourth-order valence-corrected chi connectivity index (χ4v) is 3.40. The Morgan fingerprint density at radius 3 is 2.90 bits per heavy atom. The first-order valence-corrected chi connectivity index (χ1v) is 6.97. The smallest absolute Gasteiger partial charge is 0.407 e. The highest BCUT2D eigenvalue weighted by Gasteiger charge is 2.40. The van der Waals surface area contributed by atoms with E-state index >= 15 is 0 Å². The van der Waals surface area contributed by atoms with Crippen LogP contribution >= 0.6 is 11.6 Å². The van der Waals surface area contributed by atoms with Crippen LogP contribution < -0.4 is 10.6 Å². The lowest BCUT2D eigenvalue weighted by molar-refractivity contribution is 0.129. The summed E-state index contributed by atoms with van der Waals surface area (Å²) in [5, 5.41) is 9.49. The predicted octanol–water partition coefficient (Wildman–Crippen LogP) is 1.29. The number of nitrogens with two attached hydrogens (primary N) is 1. The van der Waals surface area contributed by atoms with E-state index in [1.54, 1.807) is 11.0 Å². The van der Waals surface area contributed by atoms with Crippen LogP contribution in [0.15, 0.2) is 6.07 Å². The first-order valence-electron chi connectivity index (χ1n) is 6.59. The topological polar surface area (TPSA) is 95.6 Å². The van der Waals surface area contributed by atoms with E-state index in [2.05, 4.69) is 14.9 Å². The molecule has 2 aliphatic heterocycles. The van der Waals surface area contributed by atoms with Crippen molar-refractivity contribution in [2.24, 2.45) is 5.92 Å². The van der Waals surface area contributed by atoms with E-state index in [-0.39, 0.29) is 12.0 Å². The molecule has 2 atom stereocenters. The standard InChI is InChI=1S/C12H16ClN5O2/c13-9-5-10(16-11(14)15-9)17-3-2-8-7(6-17)1-4-18(8)12(19)20/h5,7-8H,1-4,6H2,(H,19,20)(H2,14,15,16)/t7?,8-/m0/s1. The Hall–Kier alpha value is -1.76. The van der Waals surface area contributed by atoms with Gasteiger partial charge in [-0.3, -0.25) is 0 Å². The van der Waals surface area contributed by atoms with E-state index < -0.39 is 6.09 Å². The average Bonchev–Trinajstić information content (AvgIpc) is 2.80. The van der Waals surface area contributed by atoms with E-state index in [1.165, 1.54) is 0 Å². The van der Waals surface area contributed by atoms with Gasteiger partial charge in [-0.05, 0) is 18.8 Å². The molecule has 0 saturated carbocycles. The van der Waals surface area contributed by atoms with Crippen molar-refractivity contribution in [2.45, 2.75) is 18.9 Å². The maximum atomic E-state index is 11.2. The predicted molar refractivity (Wildman–Crippen MR) is 74.9 cm³/mol. The summed E-state index contributed by atoms with van der Waals surface area (Å²) in [6, 6.07) is 1.82. The zero-order valence-electron chi connectivity index (χ0n) is 10.9. The van der Waals surface area contributed by atoms with Gasteiger partial charge in [-0.25, -0.2) is 9.78 Å². The van der Waals surface area contributed by atoms with Crippen molar-refractivity contribution in [1.29, 1.82) is 0 Å². The van der Waals surface area contributed by atoms with Gasteiger partial charge in [0.25, 0.3) is 0 Å². The summed E-state index contributed by atoms with van der Waals surface area (Å²) in [5.41, 5.74) is 5.62. The van der Waals surface area contributed by atoms with Crippen molar-refractivity contribution < 1.29 is 9.90 Å². The number of carbonyl (C=O) groups is 1. The third-order valence-electron chi connectivity index (χ3n) is 4.10. The molecule has 0 bridgehead atoms. The first kappa shape index (κ1) is 13.2. The Balaban J connectivity index is 1.75. The second-order valence-electron chi connectivity index (χ2n) is 5.23. The maximum absolute atomic E-state index is 11.2. The van der Waals surface area contributed by atoms with Crippen LogP contribution in [0.25, 0.3) is 0 Å². The molecule has 2 aliphatic rings. The fraction of sp³-hybridized carbons (Fsp3) is 0.583. The molecule has 0 spiro atoms. The minimum absolute atomic E-state index is 0.124.